The Morgan fingerprint density at radius 1 is 1.26 bits per heavy atom. The van der Waals surface area contributed by atoms with Crippen LogP contribution < -0.4 is 10.1 Å². The van der Waals surface area contributed by atoms with Gasteiger partial charge in [-0.05, 0) is 56.4 Å². The van der Waals surface area contributed by atoms with Crippen LogP contribution in [0.3, 0.4) is 0 Å². The molecule has 0 bridgehead atoms. The van der Waals surface area contributed by atoms with Crippen LogP contribution in [0.2, 0.25) is 5.02 Å². The van der Waals surface area contributed by atoms with E-state index in [0.29, 0.717) is 43.1 Å². The largest absolute Gasteiger partial charge is 0.484 e. The molecule has 0 spiro atoms. The Kier molecular flexibility index (Phi) is 7.94. The van der Waals surface area contributed by atoms with Crippen LogP contribution in [0.1, 0.15) is 43.7 Å². The van der Waals surface area contributed by atoms with E-state index in [2.05, 4.69) is 5.32 Å². The van der Waals surface area contributed by atoms with Crippen molar-refractivity contribution in [3.8, 4) is 5.75 Å². The molecule has 6 nitrogen and oxygen atoms in total. The van der Waals surface area contributed by atoms with E-state index in [-0.39, 0.29) is 24.3 Å². The molecule has 1 aromatic rings. The minimum absolute atomic E-state index is 0.0209. The highest BCUT2D eigenvalue weighted by Crippen LogP contribution is 2.25. The summed E-state index contributed by atoms with van der Waals surface area (Å²) in [4.78, 5) is 12.1. The van der Waals surface area contributed by atoms with Crippen LogP contribution in [0, 0.1) is 13.8 Å². The number of amides is 1. The molecular weight excluding hydrogens is 388 g/mol. The van der Waals surface area contributed by atoms with Gasteiger partial charge in [-0.3, -0.25) is 4.79 Å². The number of hydrogen-bond donors (Lipinski definition) is 1. The fraction of sp³-hybridized carbons (Fsp3) is 0.632. The van der Waals surface area contributed by atoms with Gasteiger partial charge in [0.25, 0.3) is 5.91 Å². The summed E-state index contributed by atoms with van der Waals surface area (Å²) in [6.45, 7) is 6.59. The van der Waals surface area contributed by atoms with Gasteiger partial charge in [0.1, 0.15) is 5.75 Å². The number of piperidine rings is 1. The average molecular weight is 417 g/mol. The summed E-state index contributed by atoms with van der Waals surface area (Å²) < 4.78 is 31.6. The van der Waals surface area contributed by atoms with Crippen LogP contribution in [-0.4, -0.2) is 50.1 Å². The van der Waals surface area contributed by atoms with E-state index >= 15 is 0 Å². The summed E-state index contributed by atoms with van der Waals surface area (Å²) in [6.07, 6.45) is 2.78. The van der Waals surface area contributed by atoms with Gasteiger partial charge in [-0.15, -0.1) is 0 Å². The number of aryl methyl sites for hydroxylation is 2. The van der Waals surface area contributed by atoms with Crippen molar-refractivity contribution in [3.63, 3.8) is 0 Å². The number of unbranched alkanes of at least 4 members (excludes halogenated alkanes) is 1. The number of carbonyl (C=O) groups excluding carboxylic acids is 1. The first-order chi connectivity index (χ1) is 12.7. The lowest BCUT2D eigenvalue weighted by atomic mass is 10.1. The third-order valence-corrected chi connectivity index (χ3v) is 7.30. The average Bonchev–Trinajstić information content (AvgIpc) is 2.63. The molecule has 0 aliphatic carbocycles. The third-order valence-electron chi connectivity index (χ3n) is 4.75. The lowest BCUT2D eigenvalue weighted by molar-refractivity contribution is -0.124. The van der Waals surface area contributed by atoms with Gasteiger partial charge >= 0.3 is 0 Å². The normalized spacial score (nSPS) is 16.3. The van der Waals surface area contributed by atoms with Crippen molar-refractivity contribution in [1.29, 1.82) is 0 Å². The van der Waals surface area contributed by atoms with Gasteiger partial charge in [0.2, 0.25) is 10.0 Å². The summed E-state index contributed by atoms with van der Waals surface area (Å²) in [7, 11) is -3.17. The van der Waals surface area contributed by atoms with Gasteiger partial charge in [0.05, 0.1) is 5.75 Å². The number of hydrogen-bond acceptors (Lipinski definition) is 4. The molecule has 0 atom stereocenters. The number of nitrogens with one attached hydrogen (secondary N) is 1. The highest BCUT2D eigenvalue weighted by molar-refractivity contribution is 7.89. The van der Waals surface area contributed by atoms with Gasteiger partial charge in [0, 0.05) is 24.2 Å². The van der Waals surface area contributed by atoms with Crippen LogP contribution in [0.25, 0.3) is 0 Å². The van der Waals surface area contributed by atoms with Crippen molar-refractivity contribution < 1.29 is 17.9 Å². The SMILES string of the molecule is CCCCS(=O)(=O)N1CCC(NC(=O)COc2cc(C)c(Cl)c(C)c2)CC1. The first kappa shape index (κ1) is 22.0. The van der Waals surface area contributed by atoms with Crippen molar-refractivity contribution >= 4 is 27.5 Å². The van der Waals surface area contributed by atoms with Crippen molar-refractivity contribution in [2.24, 2.45) is 0 Å². The van der Waals surface area contributed by atoms with Gasteiger partial charge in [-0.1, -0.05) is 24.9 Å². The lowest BCUT2D eigenvalue weighted by Gasteiger charge is -2.31. The number of carbonyl (C=O) groups is 1. The van der Waals surface area contributed by atoms with Crippen LogP contribution in [0.4, 0.5) is 0 Å². The number of nitrogens with zero attached hydrogens (tertiary/aromatic N) is 1. The van der Waals surface area contributed by atoms with E-state index in [1.54, 1.807) is 4.31 Å². The molecule has 1 aliphatic rings. The van der Waals surface area contributed by atoms with Crippen LogP contribution in [-0.2, 0) is 14.8 Å². The first-order valence-electron chi connectivity index (χ1n) is 9.39. The molecule has 1 fully saturated rings. The Morgan fingerprint density at radius 3 is 2.41 bits per heavy atom. The molecule has 1 N–H and O–H groups in total. The van der Waals surface area contributed by atoms with E-state index < -0.39 is 10.0 Å². The van der Waals surface area contributed by atoms with Crippen LogP contribution >= 0.6 is 11.6 Å². The Hall–Kier alpha value is -1.31. The van der Waals surface area contributed by atoms with Crippen molar-refractivity contribution in [1.82, 2.24) is 9.62 Å². The smallest absolute Gasteiger partial charge is 0.258 e. The van der Waals surface area contributed by atoms with Crippen molar-refractivity contribution in [2.75, 3.05) is 25.4 Å². The standard InChI is InChI=1S/C19H29ClN2O4S/c1-4-5-10-27(24,25)22-8-6-16(7-9-22)21-18(23)13-26-17-11-14(2)19(20)15(3)12-17/h11-12,16H,4-10,13H2,1-3H3,(H,21,23). The molecule has 0 unspecified atom stereocenters. The molecule has 1 aliphatic heterocycles. The lowest BCUT2D eigenvalue weighted by Crippen LogP contribution is -2.47. The van der Waals surface area contributed by atoms with E-state index in [0.717, 1.165) is 17.5 Å². The van der Waals surface area contributed by atoms with Gasteiger partial charge < -0.3 is 10.1 Å². The molecule has 0 saturated carbocycles. The monoisotopic (exact) mass is 416 g/mol. The van der Waals surface area contributed by atoms with E-state index in [9.17, 15) is 13.2 Å². The molecular formula is C19H29ClN2O4S. The van der Waals surface area contributed by atoms with Gasteiger partial charge in [-0.25, -0.2) is 12.7 Å². The van der Waals surface area contributed by atoms with Gasteiger partial charge in [-0.2, -0.15) is 0 Å². The summed E-state index contributed by atoms with van der Waals surface area (Å²) in [6, 6.07) is 3.59. The maximum Gasteiger partial charge on any atom is 0.258 e. The molecule has 1 aromatic carbocycles. The Morgan fingerprint density at radius 2 is 1.85 bits per heavy atom. The Balaban J connectivity index is 1.78. The topological polar surface area (TPSA) is 75.7 Å². The second-order valence-electron chi connectivity index (χ2n) is 7.07. The molecule has 152 valence electrons. The zero-order valence-corrected chi connectivity index (χ0v) is 17.8. The van der Waals surface area contributed by atoms with E-state index in [1.807, 2.05) is 32.9 Å². The maximum absolute atomic E-state index is 12.2. The maximum atomic E-state index is 12.2. The van der Waals surface area contributed by atoms with Crippen molar-refractivity contribution in [2.45, 2.75) is 52.5 Å². The molecule has 1 heterocycles. The third kappa shape index (κ3) is 6.36. The molecule has 8 heteroatoms. The second-order valence-corrected chi connectivity index (χ2v) is 9.54. The van der Waals surface area contributed by atoms with E-state index in [1.165, 1.54) is 0 Å². The first-order valence-corrected chi connectivity index (χ1v) is 11.4. The highest BCUT2D eigenvalue weighted by atomic mass is 35.5. The van der Waals surface area contributed by atoms with Crippen LogP contribution in [0.5, 0.6) is 5.75 Å². The predicted octanol–water partition coefficient (Wildman–Crippen LogP) is 3.05. The quantitative estimate of drug-likeness (QED) is 0.706. The number of rotatable bonds is 8. The number of sulfonamides is 1. The molecule has 27 heavy (non-hydrogen) atoms. The summed E-state index contributed by atoms with van der Waals surface area (Å²) in [5.41, 5.74) is 1.81. The molecule has 0 aromatic heterocycles. The Bertz CT molecular complexity index is 736. The number of halogens is 1. The minimum Gasteiger partial charge on any atom is -0.484 e. The number of benzene rings is 1. The molecule has 0 radical (unpaired) electrons. The van der Waals surface area contributed by atoms with Gasteiger partial charge in [0.15, 0.2) is 6.61 Å². The summed E-state index contributed by atoms with van der Waals surface area (Å²) in [5, 5.41) is 3.63. The van der Waals surface area contributed by atoms with E-state index in [4.69, 9.17) is 16.3 Å². The molecule has 1 saturated heterocycles. The summed E-state index contributed by atoms with van der Waals surface area (Å²) in [5.74, 6) is 0.614. The predicted molar refractivity (Wildman–Crippen MR) is 108 cm³/mol. The molecule has 1 amide bonds. The fourth-order valence-corrected chi connectivity index (χ4v) is 4.93. The fourth-order valence-electron chi connectivity index (χ4n) is 3.14. The zero-order chi connectivity index (χ0) is 20.0. The number of ether oxygens (including phenoxy) is 1. The van der Waals surface area contributed by atoms with Crippen molar-refractivity contribution in [3.05, 3.63) is 28.3 Å². The molecule has 2 rings (SSSR count). The van der Waals surface area contributed by atoms with Crippen LogP contribution in [0.15, 0.2) is 12.1 Å². The minimum atomic E-state index is -3.17. The zero-order valence-electron chi connectivity index (χ0n) is 16.3. The second kappa shape index (κ2) is 9.75. The highest BCUT2D eigenvalue weighted by Gasteiger charge is 2.28. The Labute approximate surface area is 167 Å². The summed E-state index contributed by atoms with van der Waals surface area (Å²) >= 11 is 6.13.